The lowest BCUT2D eigenvalue weighted by molar-refractivity contribution is -0.115. The molecule has 0 aliphatic carbocycles. The molecule has 0 bridgehead atoms. The molecule has 10 heavy (non-hydrogen) atoms. The zero-order chi connectivity index (χ0) is 8.15. The van der Waals surface area contributed by atoms with Crippen LogP contribution in [-0.4, -0.2) is 39.4 Å². The number of aliphatic hydroxyl groups excluding tert-OH is 3. The van der Waals surface area contributed by atoms with Crippen LogP contribution in [0.3, 0.4) is 0 Å². The van der Waals surface area contributed by atoms with Gasteiger partial charge in [-0.05, 0) is 11.6 Å². The lowest BCUT2D eigenvalue weighted by atomic mass is 10.2. The van der Waals surface area contributed by atoms with Gasteiger partial charge in [-0.25, -0.2) is 0 Å². The molecule has 0 saturated heterocycles. The Kier molecular flexibility index (Phi) is 4.55. The van der Waals surface area contributed by atoms with Crippen molar-refractivity contribution in [3.05, 3.63) is 0 Å². The number of rotatable bonds is 4. The van der Waals surface area contributed by atoms with Gasteiger partial charge in [0, 0.05) is 0 Å². The van der Waals surface area contributed by atoms with Gasteiger partial charge in [0.1, 0.15) is 6.10 Å². The Labute approximate surface area is 63.0 Å². The first-order valence-corrected chi connectivity index (χ1v) is 3.11. The fourth-order valence-electron chi connectivity index (χ4n) is 0.422. The van der Waals surface area contributed by atoms with Crippen molar-refractivity contribution in [2.45, 2.75) is 18.6 Å². The Hall–Kier alpha value is -0.160. The standard InChI is InChI=1S/C5H9ClO4/c6-5(10)1-3(8)4(9)2-7/h3-4,7-9H,1-2H2/t3-,4+/m0/s1. The molecule has 0 rings (SSSR count). The molecule has 0 aromatic rings. The predicted molar refractivity (Wildman–Crippen MR) is 34.6 cm³/mol. The highest BCUT2D eigenvalue weighted by Crippen LogP contribution is 2.00. The van der Waals surface area contributed by atoms with Crippen LogP contribution in [0.1, 0.15) is 6.42 Å². The van der Waals surface area contributed by atoms with Crippen molar-refractivity contribution in [2.24, 2.45) is 0 Å². The van der Waals surface area contributed by atoms with Crippen LogP contribution in [0.4, 0.5) is 0 Å². The SMILES string of the molecule is O=C(Cl)C[C@H](O)[C@H](O)CO. The van der Waals surface area contributed by atoms with Gasteiger partial charge in [-0.15, -0.1) is 0 Å². The van der Waals surface area contributed by atoms with Gasteiger partial charge in [-0.1, -0.05) is 0 Å². The molecule has 0 aliphatic heterocycles. The molecule has 0 aromatic heterocycles. The van der Waals surface area contributed by atoms with Crippen LogP contribution >= 0.6 is 11.6 Å². The second kappa shape index (κ2) is 4.62. The van der Waals surface area contributed by atoms with Crippen LogP contribution in [0.5, 0.6) is 0 Å². The molecule has 0 amide bonds. The van der Waals surface area contributed by atoms with E-state index < -0.39 is 24.1 Å². The molecule has 60 valence electrons. The summed E-state index contributed by atoms with van der Waals surface area (Å²) in [6, 6.07) is 0. The third-order valence-corrected chi connectivity index (χ3v) is 1.16. The second-order valence-electron chi connectivity index (χ2n) is 1.88. The summed E-state index contributed by atoms with van der Waals surface area (Å²) >= 11 is 4.88. The average molecular weight is 169 g/mol. The highest BCUT2D eigenvalue weighted by Gasteiger charge is 2.17. The minimum Gasteiger partial charge on any atom is -0.394 e. The molecular formula is C5H9ClO4. The topological polar surface area (TPSA) is 77.8 Å². The monoisotopic (exact) mass is 168 g/mol. The summed E-state index contributed by atoms with van der Waals surface area (Å²) in [5.41, 5.74) is 0. The van der Waals surface area contributed by atoms with E-state index in [1.54, 1.807) is 0 Å². The lowest BCUT2D eigenvalue weighted by Gasteiger charge is -2.12. The summed E-state index contributed by atoms with van der Waals surface area (Å²) in [6.45, 7) is -0.578. The van der Waals surface area contributed by atoms with Crippen molar-refractivity contribution in [3.63, 3.8) is 0 Å². The summed E-state index contributed by atoms with van der Waals surface area (Å²) in [4.78, 5) is 10.1. The van der Waals surface area contributed by atoms with Gasteiger partial charge in [0.25, 0.3) is 0 Å². The zero-order valence-corrected chi connectivity index (χ0v) is 5.95. The van der Waals surface area contributed by atoms with E-state index in [0.29, 0.717) is 0 Å². The molecule has 2 atom stereocenters. The van der Waals surface area contributed by atoms with E-state index in [9.17, 15) is 4.79 Å². The molecule has 3 N–H and O–H groups in total. The third kappa shape index (κ3) is 3.79. The van der Waals surface area contributed by atoms with E-state index in [4.69, 9.17) is 26.9 Å². The fourth-order valence-corrected chi connectivity index (χ4v) is 0.580. The van der Waals surface area contributed by atoms with E-state index in [1.165, 1.54) is 0 Å². The Morgan fingerprint density at radius 1 is 1.40 bits per heavy atom. The summed E-state index contributed by atoms with van der Waals surface area (Å²) < 4.78 is 0. The lowest BCUT2D eigenvalue weighted by Crippen LogP contribution is -2.30. The van der Waals surface area contributed by atoms with Gasteiger partial charge in [0.05, 0.1) is 19.1 Å². The van der Waals surface area contributed by atoms with Gasteiger partial charge in [0.15, 0.2) is 0 Å². The summed E-state index contributed by atoms with van der Waals surface area (Å²) in [5.74, 6) is 0. The van der Waals surface area contributed by atoms with Crippen molar-refractivity contribution in [3.8, 4) is 0 Å². The van der Waals surface area contributed by atoms with Crippen LogP contribution in [0, 0.1) is 0 Å². The Morgan fingerprint density at radius 3 is 2.20 bits per heavy atom. The summed E-state index contributed by atoms with van der Waals surface area (Å²) in [6.07, 6.45) is -2.90. The largest absolute Gasteiger partial charge is 0.394 e. The van der Waals surface area contributed by atoms with Gasteiger partial charge in [-0.3, -0.25) is 4.79 Å². The molecule has 0 spiro atoms. The van der Waals surface area contributed by atoms with Gasteiger partial charge in [0.2, 0.25) is 5.24 Å². The molecule has 0 radical (unpaired) electrons. The maximum Gasteiger partial charge on any atom is 0.224 e. The van der Waals surface area contributed by atoms with Gasteiger partial charge in [-0.2, -0.15) is 0 Å². The number of carbonyl (C=O) groups excluding carboxylic acids is 1. The molecule has 4 nitrogen and oxygen atoms in total. The van der Waals surface area contributed by atoms with Crippen LogP contribution in [-0.2, 0) is 4.79 Å². The minimum atomic E-state index is -1.29. The van der Waals surface area contributed by atoms with Crippen LogP contribution in [0.25, 0.3) is 0 Å². The molecule has 5 heteroatoms. The number of hydrogen-bond acceptors (Lipinski definition) is 4. The van der Waals surface area contributed by atoms with Gasteiger partial charge < -0.3 is 15.3 Å². The van der Waals surface area contributed by atoms with Crippen LogP contribution in [0.15, 0.2) is 0 Å². The molecule has 0 fully saturated rings. The van der Waals surface area contributed by atoms with Crippen molar-refractivity contribution in [1.29, 1.82) is 0 Å². The van der Waals surface area contributed by atoms with Crippen molar-refractivity contribution in [2.75, 3.05) is 6.61 Å². The maximum absolute atomic E-state index is 10.1. The quantitative estimate of drug-likeness (QED) is 0.464. The van der Waals surface area contributed by atoms with Crippen LogP contribution < -0.4 is 0 Å². The number of carbonyl (C=O) groups is 1. The van der Waals surface area contributed by atoms with Gasteiger partial charge >= 0.3 is 0 Å². The second-order valence-corrected chi connectivity index (χ2v) is 2.30. The molecule has 0 aliphatic rings. The Bertz CT molecular complexity index is 116. The Morgan fingerprint density at radius 2 is 1.90 bits per heavy atom. The summed E-state index contributed by atoms with van der Waals surface area (Å²) in [5, 5.41) is 25.0. The molecule has 0 unspecified atom stereocenters. The average Bonchev–Trinajstić information content (AvgIpc) is 1.85. The zero-order valence-electron chi connectivity index (χ0n) is 5.20. The van der Waals surface area contributed by atoms with E-state index >= 15 is 0 Å². The number of halogens is 1. The first-order chi connectivity index (χ1) is 4.57. The highest BCUT2D eigenvalue weighted by molar-refractivity contribution is 6.63. The summed E-state index contributed by atoms with van der Waals surface area (Å²) in [7, 11) is 0. The van der Waals surface area contributed by atoms with E-state index in [1.807, 2.05) is 0 Å². The molecule has 0 aromatic carbocycles. The van der Waals surface area contributed by atoms with E-state index in [0.717, 1.165) is 0 Å². The maximum atomic E-state index is 10.1. The smallest absolute Gasteiger partial charge is 0.224 e. The van der Waals surface area contributed by atoms with E-state index in [-0.39, 0.29) is 6.42 Å². The minimum absolute atomic E-state index is 0.344. The molecule has 0 heterocycles. The van der Waals surface area contributed by atoms with Crippen molar-refractivity contribution in [1.82, 2.24) is 0 Å². The van der Waals surface area contributed by atoms with E-state index in [2.05, 4.69) is 0 Å². The highest BCUT2D eigenvalue weighted by atomic mass is 35.5. The van der Waals surface area contributed by atoms with Crippen molar-refractivity contribution >= 4 is 16.8 Å². The molecule has 0 saturated carbocycles. The Balaban J connectivity index is 3.61. The predicted octanol–water partition coefficient (Wildman–Crippen LogP) is -1.14. The van der Waals surface area contributed by atoms with Crippen LogP contribution in [0.2, 0.25) is 0 Å². The fraction of sp³-hybridized carbons (Fsp3) is 0.800. The number of aliphatic hydroxyl groups is 3. The third-order valence-electron chi connectivity index (χ3n) is 1.00. The first kappa shape index (κ1) is 9.84. The molecular weight excluding hydrogens is 160 g/mol. The normalized spacial score (nSPS) is 16.4. The van der Waals surface area contributed by atoms with Crippen molar-refractivity contribution < 1.29 is 20.1 Å². The number of hydrogen-bond donors (Lipinski definition) is 3. The first-order valence-electron chi connectivity index (χ1n) is 2.73.